The Labute approximate surface area is 85.8 Å². The molecule has 3 nitrogen and oxygen atoms in total. The van der Waals surface area contributed by atoms with Crippen LogP contribution in [0.1, 0.15) is 19.3 Å². The van der Waals surface area contributed by atoms with Crippen LogP contribution in [0.2, 0.25) is 0 Å². The van der Waals surface area contributed by atoms with Crippen LogP contribution >= 0.6 is 0 Å². The van der Waals surface area contributed by atoms with Crippen LogP contribution < -0.4 is 5.32 Å². The summed E-state index contributed by atoms with van der Waals surface area (Å²) in [6.07, 6.45) is 3.92. The Bertz CT molecular complexity index is 203. The Kier molecular flexibility index (Phi) is 2.48. The average molecular weight is 196 g/mol. The van der Waals surface area contributed by atoms with Gasteiger partial charge in [0.15, 0.2) is 0 Å². The lowest BCUT2D eigenvalue weighted by Crippen LogP contribution is -2.44. The van der Waals surface area contributed by atoms with E-state index in [2.05, 4.69) is 10.2 Å². The maximum atomic E-state index is 5.43. The summed E-state index contributed by atoms with van der Waals surface area (Å²) in [4.78, 5) is 2.76. The highest BCUT2D eigenvalue weighted by Gasteiger charge is 2.40. The van der Waals surface area contributed by atoms with E-state index in [1.54, 1.807) is 0 Å². The third kappa shape index (κ3) is 1.47. The largest absolute Gasteiger partial charge is 0.381 e. The number of ether oxygens (including phenoxy) is 1. The van der Waals surface area contributed by atoms with Crippen LogP contribution in [0, 0.1) is 5.92 Å². The molecule has 0 bridgehead atoms. The molecule has 3 aliphatic rings. The SMILES string of the molecule is C1CC(N2CC[C@H]3CNC[C@H]32)CCO1. The van der Waals surface area contributed by atoms with E-state index in [0.29, 0.717) is 0 Å². The van der Waals surface area contributed by atoms with Crippen LogP contribution in [0.25, 0.3) is 0 Å². The fourth-order valence-corrected chi connectivity index (χ4v) is 3.35. The number of rotatable bonds is 1. The van der Waals surface area contributed by atoms with E-state index in [0.717, 1.165) is 31.2 Å². The van der Waals surface area contributed by atoms with Crippen LogP contribution in [0.15, 0.2) is 0 Å². The maximum absolute atomic E-state index is 5.43. The van der Waals surface area contributed by atoms with Crippen molar-refractivity contribution in [1.82, 2.24) is 10.2 Å². The molecule has 3 aliphatic heterocycles. The Balaban J connectivity index is 1.66. The van der Waals surface area contributed by atoms with Gasteiger partial charge in [-0.2, -0.15) is 0 Å². The topological polar surface area (TPSA) is 24.5 Å². The number of fused-ring (bicyclic) bond motifs is 1. The number of hydrogen-bond acceptors (Lipinski definition) is 3. The molecule has 1 N–H and O–H groups in total. The molecule has 0 aromatic carbocycles. The molecule has 0 spiro atoms. The second-order valence-electron chi connectivity index (χ2n) is 4.86. The van der Waals surface area contributed by atoms with Gasteiger partial charge in [-0.15, -0.1) is 0 Å². The minimum atomic E-state index is 0.818. The summed E-state index contributed by atoms with van der Waals surface area (Å²) >= 11 is 0. The number of nitrogens with zero attached hydrogens (tertiary/aromatic N) is 1. The van der Waals surface area contributed by atoms with E-state index >= 15 is 0 Å². The summed E-state index contributed by atoms with van der Waals surface area (Å²) < 4.78 is 5.43. The first-order valence-electron chi connectivity index (χ1n) is 5.99. The lowest BCUT2D eigenvalue weighted by Gasteiger charge is -2.34. The first kappa shape index (κ1) is 9.13. The normalized spacial score (nSPS) is 40.3. The molecule has 0 amide bonds. The van der Waals surface area contributed by atoms with E-state index in [9.17, 15) is 0 Å². The zero-order valence-corrected chi connectivity index (χ0v) is 8.74. The van der Waals surface area contributed by atoms with Crippen molar-refractivity contribution in [3.63, 3.8) is 0 Å². The zero-order valence-electron chi connectivity index (χ0n) is 8.74. The maximum Gasteiger partial charge on any atom is 0.0480 e. The van der Waals surface area contributed by atoms with Gasteiger partial charge < -0.3 is 10.1 Å². The number of likely N-dealkylation sites (tertiary alicyclic amines) is 1. The molecule has 0 aliphatic carbocycles. The predicted molar refractivity (Wildman–Crippen MR) is 55.3 cm³/mol. The fourth-order valence-electron chi connectivity index (χ4n) is 3.35. The molecule has 0 aromatic rings. The first-order valence-corrected chi connectivity index (χ1v) is 5.99. The second-order valence-corrected chi connectivity index (χ2v) is 4.86. The van der Waals surface area contributed by atoms with E-state index < -0.39 is 0 Å². The summed E-state index contributed by atoms with van der Waals surface area (Å²) in [5.41, 5.74) is 0. The van der Waals surface area contributed by atoms with Crippen LogP contribution in [-0.2, 0) is 4.74 Å². The monoisotopic (exact) mass is 196 g/mol. The van der Waals surface area contributed by atoms with Gasteiger partial charge in [0.1, 0.15) is 0 Å². The summed E-state index contributed by atoms with van der Waals surface area (Å²) in [5, 5.41) is 3.52. The van der Waals surface area contributed by atoms with Gasteiger partial charge in [-0.05, 0) is 38.3 Å². The molecule has 80 valence electrons. The van der Waals surface area contributed by atoms with Gasteiger partial charge in [0.25, 0.3) is 0 Å². The molecule has 0 radical (unpaired) electrons. The van der Waals surface area contributed by atoms with Crippen molar-refractivity contribution in [1.29, 1.82) is 0 Å². The van der Waals surface area contributed by atoms with Crippen molar-refractivity contribution >= 4 is 0 Å². The Morgan fingerprint density at radius 3 is 2.79 bits per heavy atom. The van der Waals surface area contributed by atoms with Crippen LogP contribution in [0.3, 0.4) is 0 Å². The molecular weight excluding hydrogens is 176 g/mol. The van der Waals surface area contributed by atoms with Crippen molar-refractivity contribution < 1.29 is 4.74 Å². The zero-order chi connectivity index (χ0) is 9.38. The van der Waals surface area contributed by atoms with E-state index in [1.807, 2.05) is 0 Å². The molecule has 3 heterocycles. The summed E-state index contributed by atoms with van der Waals surface area (Å²) in [5.74, 6) is 0.942. The molecule has 3 fully saturated rings. The van der Waals surface area contributed by atoms with Gasteiger partial charge in [-0.1, -0.05) is 0 Å². The summed E-state index contributed by atoms with van der Waals surface area (Å²) in [6.45, 7) is 5.77. The second kappa shape index (κ2) is 3.80. The summed E-state index contributed by atoms with van der Waals surface area (Å²) in [6, 6.07) is 1.66. The highest BCUT2D eigenvalue weighted by Crippen LogP contribution is 2.31. The van der Waals surface area contributed by atoms with E-state index in [-0.39, 0.29) is 0 Å². The third-order valence-electron chi connectivity index (χ3n) is 4.15. The van der Waals surface area contributed by atoms with Crippen molar-refractivity contribution in [3.05, 3.63) is 0 Å². The number of nitrogens with one attached hydrogen (secondary N) is 1. The standard InChI is InChI=1S/C11H20N2O/c1-4-13(10-2-5-14-6-3-10)11-8-12-7-9(1)11/h9-12H,1-8H2/t9-,11+/m0/s1. The van der Waals surface area contributed by atoms with Crippen molar-refractivity contribution in [2.24, 2.45) is 5.92 Å². The predicted octanol–water partition coefficient (Wildman–Crippen LogP) is 0.459. The Hall–Kier alpha value is -0.120. The van der Waals surface area contributed by atoms with Crippen molar-refractivity contribution in [3.8, 4) is 0 Å². The highest BCUT2D eigenvalue weighted by molar-refractivity contribution is 4.97. The summed E-state index contributed by atoms with van der Waals surface area (Å²) in [7, 11) is 0. The van der Waals surface area contributed by atoms with Gasteiger partial charge in [0, 0.05) is 31.8 Å². The lowest BCUT2D eigenvalue weighted by molar-refractivity contribution is 0.0296. The molecule has 3 saturated heterocycles. The molecule has 0 saturated carbocycles. The molecule has 2 atom stereocenters. The molecule has 0 aromatic heterocycles. The molecule has 3 heteroatoms. The van der Waals surface area contributed by atoms with Crippen LogP contribution in [0.5, 0.6) is 0 Å². The lowest BCUT2D eigenvalue weighted by atomic mass is 10.0. The van der Waals surface area contributed by atoms with Gasteiger partial charge in [-0.25, -0.2) is 0 Å². The van der Waals surface area contributed by atoms with Crippen molar-refractivity contribution in [2.45, 2.75) is 31.3 Å². The Morgan fingerprint density at radius 2 is 1.93 bits per heavy atom. The van der Waals surface area contributed by atoms with Gasteiger partial charge in [0.2, 0.25) is 0 Å². The molecule has 14 heavy (non-hydrogen) atoms. The van der Waals surface area contributed by atoms with Gasteiger partial charge in [0.05, 0.1) is 0 Å². The third-order valence-corrected chi connectivity index (χ3v) is 4.15. The first-order chi connectivity index (χ1) is 6.95. The van der Waals surface area contributed by atoms with Crippen molar-refractivity contribution in [2.75, 3.05) is 32.8 Å². The van der Waals surface area contributed by atoms with Gasteiger partial charge >= 0.3 is 0 Å². The molecule has 3 rings (SSSR count). The average Bonchev–Trinajstić information content (AvgIpc) is 2.79. The smallest absolute Gasteiger partial charge is 0.0480 e. The minimum absolute atomic E-state index is 0.818. The van der Waals surface area contributed by atoms with E-state index in [4.69, 9.17) is 4.74 Å². The van der Waals surface area contributed by atoms with Gasteiger partial charge in [-0.3, -0.25) is 4.90 Å². The van der Waals surface area contributed by atoms with Crippen LogP contribution in [-0.4, -0.2) is 49.8 Å². The van der Waals surface area contributed by atoms with E-state index in [1.165, 1.54) is 38.9 Å². The number of hydrogen-bond donors (Lipinski definition) is 1. The van der Waals surface area contributed by atoms with Crippen LogP contribution in [0.4, 0.5) is 0 Å². The molecular formula is C11H20N2O. The fraction of sp³-hybridized carbons (Fsp3) is 1.00. The Morgan fingerprint density at radius 1 is 1.07 bits per heavy atom. The minimum Gasteiger partial charge on any atom is -0.381 e. The molecule has 0 unspecified atom stereocenters. The quantitative estimate of drug-likeness (QED) is 0.659. The highest BCUT2D eigenvalue weighted by atomic mass is 16.5.